The van der Waals surface area contributed by atoms with Gasteiger partial charge in [0.05, 0.1) is 6.10 Å². The topological polar surface area (TPSA) is 67.2 Å². The Kier molecular flexibility index (Phi) is 5.27. The van der Waals surface area contributed by atoms with Gasteiger partial charge >= 0.3 is 0 Å². The van der Waals surface area contributed by atoms with Crippen molar-refractivity contribution in [2.75, 3.05) is 6.54 Å². The first kappa shape index (κ1) is 16.2. The van der Waals surface area contributed by atoms with Crippen LogP contribution in [0.5, 0.6) is 0 Å². The second-order valence-corrected chi connectivity index (χ2v) is 5.45. The number of rotatable bonds is 6. The van der Waals surface area contributed by atoms with Crippen LogP contribution in [0.15, 0.2) is 36.5 Å². The van der Waals surface area contributed by atoms with Crippen LogP contribution in [0.3, 0.4) is 0 Å². The minimum atomic E-state index is -0.448. The molecule has 6 heteroatoms. The molecule has 0 bridgehead atoms. The number of hydrogen-bond acceptors (Lipinski definition) is 3. The predicted molar refractivity (Wildman–Crippen MR) is 81.3 cm³/mol. The van der Waals surface area contributed by atoms with Crippen LogP contribution in [0.4, 0.5) is 4.39 Å². The maximum absolute atomic E-state index is 13.7. The van der Waals surface area contributed by atoms with E-state index < -0.39 is 11.9 Å². The number of benzene rings is 1. The number of aliphatic hydroxyl groups is 1. The van der Waals surface area contributed by atoms with Gasteiger partial charge < -0.3 is 10.4 Å². The molecule has 0 spiro atoms. The van der Waals surface area contributed by atoms with Gasteiger partial charge in [-0.25, -0.2) is 9.07 Å². The van der Waals surface area contributed by atoms with Crippen molar-refractivity contribution >= 4 is 5.91 Å². The second-order valence-electron chi connectivity index (χ2n) is 5.45. The number of carbonyl (C=O) groups is 1. The number of amides is 1. The van der Waals surface area contributed by atoms with E-state index in [9.17, 15) is 14.3 Å². The van der Waals surface area contributed by atoms with E-state index in [1.165, 1.54) is 23.0 Å². The molecular formula is C16H20FN3O2. The van der Waals surface area contributed by atoms with Crippen LogP contribution < -0.4 is 5.32 Å². The molecule has 118 valence electrons. The molecule has 0 aliphatic rings. The molecule has 0 aliphatic heterocycles. The molecule has 0 aliphatic carbocycles. The smallest absolute Gasteiger partial charge is 0.271 e. The molecule has 2 rings (SSSR count). The molecule has 5 nitrogen and oxygen atoms in total. The summed E-state index contributed by atoms with van der Waals surface area (Å²) < 4.78 is 15.0. The number of nitrogens with zero attached hydrogens (tertiary/aromatic N) is 2. The summed E-state index contributed by atoms with van der Waals surface area (Å²) in [5.74, 6) is -0.596. The normalized spacial score (nSPS) is 12.4. The summed E-state index contributed by atoms with van der Waals surface area (Å²) in [6.07, 6.45) is 1.57. The number of aliphatic hydroxyl groups excluding tert-OH is 1. The van der Waals surface area contributed by atoms with Gasteiger partial charge in [0.15, 0.2) is 5.69 Å². The quantitative estimate of drug-likeness (QED) is 0.859. The predicted octanol–water partition coefficient (Wildman–Crippen LogP) is 2.15. The van der Waals surface area contributed by atoms with E-state index >= 15 is 0 Å². The minimum absolute atomic E-state index is 0.150. The Morgan fingerprint density at radius 2 is 2.09 bits per heavy atom. The van der Waals surface area contributed by atoms with E-state index in [0.29, 0.717) is 13.0 Å². The molecule has 1 atom stereocenters. The lowest BCUT2D eigenvalue weighted by Gasteiger charge is -2.14. The highest BCUT2D eigenvalue weighted by atomic mass is 19.1. The van der Waals surface area contributed by atoms with Gasteiger partial charge in [0.2, 0.25) is 0 Å². The Labute approximate surface area is 128 Å². The number of halogens is 1. The zero-order chi connectivity index (χ0) is 16.1. The molecule has 0 radical (unpaired) electrons. The average Bonchev–Trinajstić information content (AvgIpc) is 2.97. The lowest BCUT2D eigenvalue weighted by atomic mass is 10.0. The van der Waals surface area contributed by atoms with Crippen LogP contribution in [0.1, 0.15) is 30.8 Å². The van der Waals surface area contributed by atoms with Crippen LogP contribution in [-0.2, 0) is 0 Å². The van der Waals surface area contributed by atoms with Crippen molar-refractivity contribution in [3.63, 3.8) is 0 Å². The van der Waals surface area contributed by atoms with Crippen molar-refractivity contribution in [1.82, 2.24) is 15.1 Å². The molecule has 1 aromatic heterocycles. The van der Waals surface area contributed by atoms with Crippen LogP contribution in [0.2, 0.25) is 0 Å². The van der Waals surface area contributed by atoms with Crippen molar-refractivity contribution < 1.29 is 14.3 Å². The largest absolute Gasteiger partial charge is 0.393 e. The first-order valence-corrected chi connectivity index (χ1v) is 7.26. The first-order valence-electron chi connectivity index (χ1n) is 7.26. The highest BCUT2D eigenvalue weighted by molar-refractivity contribution is 5.92. The van der Waals surface area contributed by atoms with Crippen molar-refractivity contribution in [2.24, 2.45) is 5.92 Å². The number of carbonyl (C=O) groups excluding carboxylic acids is 1. The fraction of sp³-hybridized carbons (Fsp3) is 0.375. The summed E-state index contributed by atoms with van der Waals surface area (Å²) in [5.41, 5.74) is 0.499. The fourth-order valence-electron chi connectivity index (χ4n) is 1.97. The summed E-state index contributed by atoms with van der Waals surface area (Å²) >= 11 is 0. The monoisotopic (exact) mass is 305 g/mol. The third kappa shape index (κ3) is 3.92. The molecule has 22 heavy (non-hydrogen) atoms. The van der Waals surface area contributed by atoms with Crippen molar-refractivity contribution in [3.8, 4) is 5.69 Å². The molecule has 0 saturated heterocycles. The van der Waals surface area contributed by atoms with E-state index in [1.54, 1.807) is 18.2 Å². The van der Waals surface area contributed by atoms with E-state index in [1.807, 2.05) is 13.8 Å². The third-order valence-corrected chi connectivity index (χ3v) is 3.42. The van der Waals surface area contributed by atoms with E-state index in [0.717, 1.165) is 0 Å². The van der Waals surface area contributed by atoms with Crippen LogP contribution in [0, 0.1) is 11.7 Å². The lowest BCUT2D eigenvalue weighted by Crippen LogP contribution is -2.29. The minimum Gasteiger partial charge on any atom is -0.393 e. The Morgan fingerprint density at radius 3 is 2.77 bits per heavy atom. The molecule has 2 aromatic rings. The molecule has 0 fully saturated rings. The van der Waals surface area contributed by atoms with Crippen LogP contribution in [-0.4, -0.2) is 33.4 Å². The van der Waals surface area contributed by atoms with Gasteiger partial charge in [0.25, 0.3) is 5.91 Å². The zero-order valence-corrected chi connectivity index (χ0v) is 12.7. The van der Waals surface area contributed by atoms with Crippen molar-refractivity contribution in [1.29, 1.82) is 0 Å². The SMILES string of the molecule is CC(C)C(O)CCNC(=O)c1ccn(-c2ccccc2F)n1. The highest BCUT2D eigenvalue weighted by Crippen LogP contribution is 2.12. The van der Waals surface area contributed by atoms with Gasteiger partial charge in [-0.05, 0) is 30.5 Å². The molecule has 1 amide bonds. The number of nitrogens with one attached hydrogen (secondary N) is 1. The van der Waals surface area contributed by atoms with Crippen molar-refractivity contribution in [3.05, 3.63) is 48.0 Å². The molecule has 0 saturated carbocycles. The summed E-state index contributed by atoms with van der Waals surface area (Å²) in [6.45, 7) is 4.20. The standard InChI is InChI=1S/C16H20FN3O2/c1-11(2)15(21)7-9-18-16(22)13-8-10-20(19-13)14-6-4-3-5-12(14)17/h3-6,8,10-11,15,21H,7,9H2,1-2H3,(H,18,22). The number of aromatic nitrogens is 2. The van der Waals surface area contributed by atoms with E-state index in [-0.39, 0.29) is 23.2 Å². The highest BCUT2D eigenvalue weighted by Gasteiger charge is 2.13. The van der Waals surface area contributed by atoms with Gasteiger partial charge in [-0.15, -0.1) is 0 Å². The maximum atomic E-state index is 13.7. The summed E-state index contributed by atoms with van der Waals surface area (Å²) in [5, 5.41) is 16.5. The Morgan fingerprint density at radius 1 is 1.36 bits per heavy atom. The Hall–Kier alpha value is -2.21. The van der Waals surface area contributed by atoms with E-state index in [4.69, 9.17) is 0 Å². The Balaban J connectivity index is 1.97. The molecule has 1 heterocycles. The summed E-state index contributed by atoms with van der Waals surface area (Å²) in [7, 11) is 0. The van der Waals surface area contributed by atoms with Gasteiger partial charge in [0, 0.05) is 12.7 Å². The third-order valence-electron chi connectivity index (χ3n) is 3.42. The average molecular weight is 305 g/mol. The first-order chi connectivity index (χ1) is 10.5. The lowest BCUT2D eigenvalue weighted by molar-refractivity contribution is 0.0915. The van der Waals surface area contributed by atoms with Crippen molar-refractivity contribution in [2.45, 2.75) is 26.4 Å². The molecule has 1 unspecified atom stereocenters. The number of para-hydroxylation sites is 1. The maximum Gasteiger partial charge on any atom is 0.271 e. The zero-order valence-electron chi connectivity index (χ0n) is 12.7. The fourth-order valence-corrected chi connectivity index (χ4v) is 1.97. The molecular weight excluding hydrogens is 285 g/mol. The van der Waals surface area contributed by atoms with E-state index in [2.05, 4.69) is 10.4 Å². The molecule has 1 aromatic carbocycles. The van der Waals surface area contributed by atoms with Gasteiger partial charge in [-0.1, -0.05) is 26.0 Å². The van der Waals surface area contributed by atoms with Gasteiger partial charge in [-0.2, -0.15) is 5.10 Å². The Bertz CT molecular complexity index is 640. The molecule has 2 N–H and O–H groups in total. The van der Waals surface area contributed by atoms with Crippen LogP contribution >= 0.6 is 0 Å². The van der Waals surface area contributed by atoms with Crippen LogP contribution in [0.25, 0.3) is 5.69 Å². The summed E-state index contributed by atoms with van der Waals surface area (Å²) in [4.78, 5) is 12.0. The van der Waals surface area contributed by atoms with Gasteiger partial charge in [0.1, 0.15) is 11.5 Å². The second kappa shape index (κ2) is 7.17. The van der Waals surface area contributed by atoms with Gasteiger partial charge in [-0.3, -0.25) is 4.79 Å². The number of hydrogen-bond donors (Lipinski definition) is 2. The summed E-state index contributed by atoms with van der Waals surface area (Å²) in [6, 6.07) is 7.75.